The summed E-state index contributed by atoms with van der Waals surface area (Å²) in [6.45, 7) is 0.703. The molecule has 0 aliphatic rings. The van der Waals surface area contributed by atoms with Gasteiger partial charge in [0, 0.05) is 15.1 Å². The fourth-order valence-electron chi connectivity index (χ4n) is 2.70. The molecule has 6 nitrogen and oxygen atoms in total. The monoisotopic (exact) mass is 419 g/mol. The van der Waals surface area contributed by atoms with Crippen LogP contribution in [0.1, 0.15) is 11.1 Å². The molecule has 2 heterocycles. The standard InChI is InChI=1S/C18H12Cl3N5O/c19-13-4-1-11(2-5-13)8-26-17-16(23-24-26)18(27)25(10-22-17)9-12-3-6-14(20)7-15(12)21/h1-7,10H,8-9H2. The van der Waals surface area contributed by atoms with Gasteiger partial charge in [-0.25, -0.2) is 9.67 Å². The predicted octanol–water partition coefficient (Wildman–Crippen LogP) is 4.04. The summed E-state index contributed by atoms with van der Waals surface area (Å²) in [7, 11) is 0. The number of benzene rings is 2. The maximum atomic E-state index is 12.7. The average Bonchev–Trinajstić information content (AvgIpc) is 3.05. The Kier molecular flexibility index (Phi) is 4.86. The lowest BCUT2D eigenvalue weighted by Crippen LogP contribution is -2.21. The van der Waals surface area contributed by atoms with Crippen molar-refractivity contribution >= 4 is 46.0 Å². The van der Waals surface area contributed by atoms with Crippen LogP contribution < -0.4 is 5.56 Å². The number of hydrogen-bond donors (Lipinski definition) is 0. The van der Waals surface area contributed by atoms with Gasteiger partial charge in [-0.15, -0.1) is 5.10 Å². The van der Waals surface area contributed by atoms with Gasteiger partial charge < -0.3 is 0 Å². The number of aromatic nitrogens is 5. The highest BCUT2D eigenvalue weighted by atomic mass is 35.5. The highest BCUT2D eigenvalue weighted by molar-refractivity contribution is 6.35. The fraction of sp³-hybridized carbons (Fsp3) is 0.111. The molecule has 2 aromatic heterocycles. The number of rotatable bonds is 4. The second-order valence-electron chi connectivity index (χ2n) is 5.96. The van der Waals surface area contributed by atoms with E-state index < -0.39 is 0 Å². The van der Waals surface area contributed by atoms with Crippen LogP contribution >= 0.6 is 34.8 Å². The number of halogens is 3. The molecule has 0 spiro atoms. The maximum Gasteiger partial charge on any atom is 0.283 e. The van der Waals surface area contributed by atoms with Crippen molar-refractivity contribution in [2.75, 3.05) is 0 Å². The molecule has 0 bridgehead atoms. The molecule has 0 aliphatic carbocycles. The zero-order valence-electron chi connectivity index (χ0n) is 13.8. The van der Waals surface area contributed by atoms with Crippen molar-refractivity contribution in [3.05, 3.63) is 85.3 Å². The van der Waals surface area contributed by atoms with Gasteiger partial charge in [-0.05, 0) is 35.4 Å². The smallest absolute Gasteiger partial charge is 0.283 e. The lowest BCUT2D eigenvalue weighted by Gasteiger charge is -2.08. The van der Waals surface area contributed by atoms with Crippen LogP contribution in [-0.4, -0.2) is 24.5 Å². The first kappa shape index (κ1) is 18.0. The zero-order chi connectivity index (χ0) is 19.0. The molecule has 4 aromatic rings. The first-order chi connectivity index (χ1) is 13.0. The first-order valence-corrected chi connectivity index (χ1v) is 9.11. The topological polar surface area (TPSA) is 65.6 Å². The molecule has 0 radical (unpaired) electrons. The number of nitrogens with zero attached hydrogens (tertiary/aromatic N) is 5. The van der Waals surface area contributed by atoms with Crippen LogP contribution in [0.5, 0.6) is 0 Å². The summed E-state index contributed by atoms with van der Waals surface area (Å²) in [5.41, 5.74) is 2.08. The maximum absolute atomic E-state index is 12.7. The van der Waals surface area contributed by atoms with E-state index in [4.69, 9.17) is 34.8 Å². The summed E-state index contributed by atoms with van der Waals surface area (Å²) < 4.78 is 3.03. The highest BCUT2D eigenvalue weighted by Crippen LogP contribution is 2.21. The molecule has 0 amide bonds. The van der Waals surface area contributed by atoms with Crippen LogP contribution in [0, 0.1) is 0 Å². The highest BCUT2D eigenvalue weighted by Gasteiger charge is 2.13. The molecule has 0 saturated heterocycles. The SMILES string of the molecule is O=c1c2nnn(Cc3ccc(Cl)cc3)c2ncn1Cc1ccc(Cl)cc1Cl. The second kappa shape index (κ2) is 7.31. The van der Waals surface area contributed by atoms with Crippen molar-refractivity contribution in [1.82, 2.24) is 24.5 Å². The molecule has 0 N–H and O–H groups in total. The minimum atomic E-state index is -0.284. The van der Waals surface area contributed by atoms with Gasteiger partial charge in [0.15, 0.2) is 11.2 Å². The average molecular weight is 421 g/mol. The third-order valence-electron chi connectivity index (χ3n) is 4.09. The van der Waals surface area contributed by atoms with Gasteiger partial charge in [0.2, 0.25) is 0 Å². The Morgan fingerprint density at radius 2 is 1.67 bits per heavy atom. The molecule has 0 atom stereocenters. The molecule has 27 heavy (non-hydrogen) atoms. The van der Waals surface area contributed by atoms with E-state index in [-0.39, 0.29) is 17.6 Å². The molecule has 0 unspecified atom stereocenters. The van der Waals surface area contributed by atoms with Crippen LogP contribution in [0.2, 0.25) is 15.1 Å². The van der Waals surface area contributed by atoms with Gasteiger partial charge >= 0.3 is 0 Å². The largest absolute Gasteiger partial charge is 0.293 e. The quantitative estimate of drug-likeness (QED) is 0.500. The third kappa shape index (κ3) is 3.69. The third-order valence-corrected chi connectivity index (χ3v) is 4.93. The van der Waals surface area contributed by atoms with E-state index in [1.165, 1.54) is 10.9 Å². The van der Waals surface area contributed by atoms with E-state index in [9.17, 15) is 4.79 Å². The molecule has 0 fully saturated rings. The van der Waals surface area contributed by atoms with Crippen molar-refractivity contribution in [1.29, 1.82) is 0 Å². The molecular formula is C18H12Cl3N5O. The van der Waals surface area contributed by atoms with Gasteiger partial charge in [-0.3, -0.25) is 9.36 Å². The Bertz CT molecular complexity index is 1180. The van der Waals surface area contributed by atoms with E-state index >= 15 is 0 Å². The van der Waals surface area contributed by atoms with Crippen molar-refractivity contribution in [3.63, 3.8) is 0 Å². The minimum Gasteiger partial charge on any atom is -0.293 e. The summed E-state index contributed by atoms with van der Waals surface area (Å²) in [5.74, 6) is 0. The molecule has 4 rings (SSSR count). The molecule has 136 valence electrons. The van der Waals surface area contributed by atoms with Crippen LogP contribution in [0.3, 0.4) is 0 Å². The summed E-state index contributed by atoms with van der Waals surface area (Å²) >= 11 is 18.0. The number of fused-ring (bicyclic) bond motifs is 1. The van der Waals surface area contributed by atoms with Crippen LogP contribution in [0.4, 0.5) is 0 Å². The normalized spacial score (nSPS) is 11.2. The zero-order valence-corrected chi connectivity index (χ0v) is 16.1. The van der Waals surface area contributed by atoms with Crippen LogP contribution in [0.15, 0.2) is 53.6 Å². The van der Waals surface area contributed by atoms with E-state index in [1.807, 2.05) is 12.1 Å². The van der Waals surface area contributed by atoms with E-state index in [2.05, 4.69) is 15.3 Å². The molecule has 0 aliphatic heterocycles. The molecule has 2 aromatic carbocycles. The molecular weight excluding hydrogens is 409 g/mol. The fourth-order valence-corrected chi connectivity index (χ4v) is 3.30. The Labute approximate surface area is 168 Å². The van der Waals surface area contributed by atoms with Crippen molar-refractivity contribution in [3.8, 4) is 0 Å². The van der Waals surface area contributed by atoms with Gasteiger partial charge in [-0.2, -0.15) is 0 Å². The van der Waals surface area contributed by atoms with Crippen LogP contribution in [0.25, 0.3) is 11.2 Å². The summed E-state index contributed by atoms with van der Waals surface area (Å²) in [6.07, 6.45) is 1.47. The summed E-state index contributed by atoms with van der Waals surface area (Å²) in [6, 6.07) is 12.5. The summed E-state index contributed by atoms with van der Waals surface area (Å²) in [4.78, 5) is 17.1. The Morgan fingerprint density at radius 3 is 2.41 bits per heavy atom. The molecule has 9 heteroatoms. The molecule has 0 saturated carbocycles. The van der Waals surface area contributed by atoms with E-state index in [0.717, 1.165) is 11.1 Å². The Hall–Kier alpha value is -2.41. The minimum absolute atomic E-state index is 0.205. The van der Waals surface area contributed by atoms with Gasteiger partial charge in [0.25, 0.3) is 5.56 Å². The predicted molar refractivity (Wildman–Crippen MR) is 106 cm³/mol. The van der Waals surface area contributed by atoms with Gasteiger partial charge in [-0.1, -0.05) is 58.2 Å². The van der Waals surface area contributed by atoms with Crippen molar-refractivity contribution in [2.45, 2.75) is 13.1 Å². The number of hydrogen-bond acceptors (Lipinski definition) is 4. The van der Waals surface area contributed by atoms with E-state index in [0.29, 0.717) is 27.3 Å². The van der Waals surface area contributed by atoms with Crippen molar-refractivity contribution in [2.24, 2.45) is 0 Å². The van der Waals surface area contributed by atoms with E-state index in [1.54, 1.807) is 35.0 Å². The second-order valence-corrected chi connectivity index (χ2v) is 7.24. The van der Waals surface area contributed by atoms with Gasteiger partial charge in [0.1, 0.15) is 6.33 Å². The van der Waals surface area contributed by atoms with Crippen molar-refractivity contribution < 1.29 is 0 Å². The lowest BCUT2D eigenvalue weighted by atomic mass is 10.2. The first-order valence-electron chi connectivity index (χ1n) is 7.98. The Balaban J connectivity index is 1.67. The lowest BCUT2D eigenvalue weighted by molar-refractivity contribution is 0.663. The van der Waals surface area contributed by atoms with Gasteiger partial charge in [0.05, 0.1) is 13.1 Å². The van der Waals surface area contributed by atoms with Crippen LogP contribution in [-0.2, 0) is 13.1 Å². The Morgan fingerprint density at radius 1 is 0.926 bits per heavy atom. The summed E-state index contributed by atoms with van der Waals surface area (Å²) in [5, 5.41) is 9.75.